The van der Waals surface area contributed by atoms with E-state index in [1.807, 2.05) is 48.5 Å². The second-order valence-electron chi connectivity index (χ2n) is 6.04. The summed E-state index contributed by atoms with van der Waals surface area (Å²) in [7, 11) is 0. The first-order valence-electron chi connectivity index (χ1n) is 8.64. The van der Waals surface area contributed by atoms with Crippen LogP contribution < -0.4 is 5.32 Å². The number of nitrogens with one attached hydrogen (secondary N) is 1. The van der Waals surface area contributed by atoms with Gasteiger partial charge in [-0.05, 0) is 54.1 Å². The Morgan fingerprint density at radius 2 is 1.52 bits per heavy atom. The van der Waals surface area contributed by atoms with E-state index in [1.54, 1.807) is 23.9 Å². The zero-order chi connectivity index (χ0) is 20.6. The maximum atomic E-state index is 12.1. The van der Waals surface area contributed by atoms with E-state index in [-0.39, 0.29) is 11.6 Å². The van der Waals surface area contributed by atoms with Crippen LogP contribution in [0.2, 0.25) is 5.02 Å². The summed E-state index contributed by atoms with van der Waals surface area (Å²) in [4.78, 5) is 24.3. The van der Waals surface area contributed by atoms with E-state index in [2.05, 4.69) is 5.32 Å². The Labute approximate surface area is 182 Å². The van der Waals surface area contributed by atoms with Gasteiger partial charge >= 0.3 is 0 Å². The van der Waals surface area contributed by atoms with Crippen LogP contribution in [0.15, 0.2) is 82.6 Å². The van der Waals surface area contributed by atoms with Crippen molar-refractivity contribution >= 4 is 52.4 Å². The Morgan fingerprint density at radius 3 is 2.10 bits per heavy atom. The number of benzene rings is 3. The second kappa shape index (κ2) is 10.3. The monoisotopic (exact) mass is 444 g/mol. The molecule has 0 radical (unpaired) electrons. The number of hydrogen-bond acceptors (Lipinski definition) is 5. The third-order valence-corrected chi connectivity index (χ3v) is 6.11. The number of nitrogens with zero attached hydrogens (tertiary/aromatic N) is 1. The molecule has 0 aliphatic heterocycles. The Hall–Kier alpha value is -2.48. The van der Waals surface area contributed by atoms with Crippen molar-refractivity contribution in [2.75, 3.05) is 11.1 Å². The quantitative estimate of drug-likeness (QED) is 0.327. The lowest BCUT2D eigenvalue weighted by Gasteiger charge is -2.07. The van der Waals surface area contributed by atoms with Crippen molar-refractivity contribution in [3.05, 3.63) is 93.5 Å². The van der Waals surface area contributed by atoms with E-state index in [4.69, 9.17) is 11.6 Å². The number of nitro groups is 1. The van der Waals surface area contributed by atoms with E-state index in [1.165, 1.54) is 23.9 Å². The maximum absolute atomic E-state index is 12.1. The lowest BCUT2D eigenvalue weighted by atomic mass is 10.2. The maximum Gasteiger partial charge on any atom is 0.269 e. The number of anilines is 1. The fourth-order valence-corrected chi connectivity index (χ4v) is 4.15. The molecule has 5 nitrogen and oxygen atoms in total. The van der Waals surface area contributed by atoms with Crippen LogP contribution in [0.5, 0.6) is 0 Å². The molecular weight excluding hydrogens is 428 g/mol. The van der Waals surface area contributed by atoms with Gasteiger partial charge in [0.25, 0.3) is 5.69 Å². The third-order valence-electron chi connectivity index (χ3n) is 3.84. The lowest BCUT2D eigenvalue weighted by molar-refractivity contribution is -0.384. The first kappa shape index (κ1) is 21.2. The molecule has 8 heteroatoms. The van der Waals surface area contributed by atoms with Crippen LogP contribution in [0.3, 0.4) is 0 Å². The molecule has 148 valence electrons. The first-order chi connectivity index (χ1) is 14.0. The minimum Gasteiger partial charge on any atom is -0.325 e. The highest BCUT2D eigenvalue weighted by Gasteiger charge is 2.06. The highest BCUT2D eigenvalue weighted by atomic mass is 35.5. The fraction of sp³-hybridized carbons (Fsp3) is 0.0952. The van der Waals surface area contributed by atoms with E-state index < -0.39 is 4.92 Å². The highest BCUT2D eigenvalue weighted by molar-refractivity contribution is 7.99. The fourth-order valence-electron chi connectivity index (χ4n) is 2.42. The zero-order valence-corrected chi connectivity index (χ0v) is 17.6. The molecule has 0 atom stereocenters. The van der Waals surface area contributed by atoms with Gasteiger partial charge in [0.1, 0.15) is 0 Å². The SMILES string of the molecule is O=C(CSCc1ccc(Cl)cc1)Nc1ccc(Sc2ccc([N+](=O)[O-])cc2)cc1. The Kier molecular flexibility index (Phi) is 7.57. The summed E-state index contributed by atoms with van der Waals surface area (Å²) in [5, 5.41) is 14.3. The van der Waals surface area contributed by atoms with Crippen LogP contribution in [0.25, 0.3) is 0 Å². The van der Waals surface area contributed by atoms with Crippen molar-refractivity contribution in [1.82, 2.24) is 0 Å². The van der Waals surface area contributed by atoms with Crippen LogP contribution in [0.4, 0.5) is 11.4 Å². The van der Waals surface area contributed by atoms with Gasteiger partial charge in [0, 0.05) is 38.4 Å². The predicted molar refractivity (Wildman–Crippen MR) is 120 cm³/mol. The van der Waals surface area contributed by atoms with Crippen LogP contribution in [0, 0.1) is 10.1 Å². The average Bonchev–Trinajstić information content (AvgIpc) is 2.71. The molecule has 0 unspecified atom stereocenters. The van der Waals surface area contributed by atoms with Gasteiger partial charge in [0.2, 0.25) is 5.91 Å². The largest absolute Gasteiger partial charge is 0.325 e. The molecule has 1 amide bonds. The lowest BCUT2D eigenvalue weighted by Crippen LogP contribution is -2.14. The van der Waals surface area contributed by atoms with Crippen molar-refractivity contribution in [3.63, 3.8) is 0 Å². The first-order valence-corrected chi connectivity index (χ1v) is 11.0. The Bertz CT molecular complexity index is 978. The standard InChI is InChI=1S/C21H17ClN2O3S2/c22-16-3-1-15(2-4-16)13-28-14-21(25)23-17-5-9-19(10-6-17)29-20-11-7-18(8-12-20)24(26)27/h1-12H,13-14H2,(H,23,25). The number of carbonyl (C=O) groups excluding carboxylic acids is 1. The molecule has 3 aromatic carbocycles. The third kappa shape index (κ3) is 6.81. The normalized spacial score (nSPS) is 10.5. The molecule has 3 aromatic rings. The summed E-state index contributed by atoms with van der Waals surface area (Å²) >= 11 is 8.90. The molecule has 0 saturated carbocycles. The molecule has 0 aliphatic carbocycles. The summed E-state index contributed by atoms with van der Waals surface area (Å²) in [5.74, 6) is 1.05. The van der Waals surface area contributed by atoms with Crippen LogP contribution in [0.1, 0.15) is 5.56 Å². The van der Waals surface area contributed by atoms with Crippen molar-refractivity contribution in [2.24, 2.45) is 0 Å². The number of non-ortho nitro benzene ring substituents is 1. The molecule has 0 bridgehead atoms. The number of thioether (sulfide) groups is 1. The number of carbonyl (C=O) groups is 1. The van der Waals surface area contributed by atoms with Gasteiger partial charge in [-0.3, -0.25) is 14.9 Å². The van der Waals surface area contributed by atoms with Crippen LogP contribution in [-0.4, -0.2) is 16.6 Å². The van der Waals surface area contributed by atoms with E-state index in [9.17, 15) is 14.9 Å². The molecule has 0 heterocycles. The van der Waals surface area contributed by atoms with Gasteiger partial charge in [-0.15, -0.1) is 11.8 Å². The topological polar surface area (TPSA) is 72.2 Å². The van der Waals surface area contributed by atoms with Gasteiger partial charge in [-0.1, -0.05) is 35.5 Å². The van der Waals surface area contributed by atoms with E-state index in [0.29, 0.717) is 10.8 Å². The number of nitro benzene ring substituents is 1. The summed E-state index contributed by atoms with van der Waals surface area (Å²) in [6.07, 6.45) is 0. The van der Waals surface area contributed by atoms with E-state index in [0.717, 1.165) is 26.8 Å². The molecule has 3 rings (SSSR count). The summed E-state index contributed by atoms with van der Waals surface area (Å²) < 4.78 is 0. The van der Waals surface area contributed by atoms with Gasteiger partial charge in [0.05, 0.1) is 10.7 Å². The van der Waals surface area contributed by atoms with Crippen molar-refractivity contribution in [1.29, 1.82) is 0 Å². The minimum atomic E-state index is -0.417. The molecule has 29 heavy (non-hydrogen) atoms. The smallest absolute Gasteiger partial charge is 0.269 e. The van der Waals surface area contributed by atoms with Crippen molar-refractivity contribution < 1.29 is 9.72 Å². The van der Waals surface area contributed by atoms with Gasteiger partial charge in [0.15, 0.2) is 0 Å². The Morgan fingerprint density at radius 1 is 0.931 bits per heavy atom. The second-order valence-corrected chi connectivity index (χ2v) is 8.61. The number of rotatable bonds is 8. The van der Waals surface area contributed by atoms with Gasteiger partial charge < -0.3 is 5.32 Å². The minimum absolute atomic E-state index is 0.0558. The Balaban J connectivity index is 1.46. The predicted octanol–water partition coefficient (Wildman–Crippen LogP) is 6.27. The number of hydrogen-bond donors (Lipinski definition) is 1. The van der Waals surface area contributed by atoms with Crippen LogP contribution >= 0.6 is 35.1 Å². The molecule has 0 spiro atoms. The van der Waals surface area contributed by atoms with E-state index >= 15 is 0 Å². The van der Waals surface area contributed by atoms with Crippen LogP contribution in [-0.2, 0) is 10.5 Å². The summed E-state index contributed by atoms with van der Waals surface area (Å²) in [6.45, 7) is 0. The molecular formula is C21H17ClN2O3S2. The highest BCUT2D eigenvalue weighted by Crippen LogP contribution is 2.29. The average molecular weight is 445 g/mol. The molecule has 0 aliphatic rings. The summed E-state index contributed by atoms with van der Waals surface area (Å²) in [6, 6.07) is 21.5. The van der Waals surface area contributed by atoms with Gasteiger partial charge in [-0.25, -0.2) is 0 Å². The molecule has 0 saturated heterocycles. The molecule has 0 fully saturated rings. The number of halogens is 1. The zero-order valence-electron chi connectivity index (χ0n) is 15.2. The van der Waals surface area contributed by atoms with Crippen molar-refractivity contribution in [3.8, 4) is 0 Å². The molecule has 0 aromatic heterocycles. The number of amides is 1. The molecule has 1 N–H and O–H groups in total. The summed E-state index contributed by atoms with van der Waals surface area (Å²) in [5.41, 5.74) is 1.93. The van der Waals surface area contributed by atoms with Gasteiger partial charge in [-0.2, -0.15) is 0 Å². The van der Waals surface area contributed by atoms with Crippen molar-refractivity contribution in [2.45, 2.75) is 15.5 Å².